The highest BCUT2D eigenvalue weighted by molar-refractivity contribution is 6.77. The first kappa shape index (κ1) is 18.4. The highest BCUT2D eigenvalue weighted by Gasteiger charge is 2.59. The summed E-state index contributed by atoms with van der Waals surface area (Å²) < 4.78 is 7.08. The van der Waals surface area contributed by atoms with Gasteiger partial charge in [0, 0.05) is 12.5 Å². The Balaban J connectivity index is 2.41. The lowest BCUT2D eigenvalue weighted by molar-refractivity contribution is -0.181. The van der Waals surface area contributed by atoms with E-state index in [0.717, 1.165) is 25.7 Å². The van der Waals surface area contributed by atoms with Crippen molar-refractivity contribution in [3.05, 3.63) is 0 Å². The van der Waals surface area contributed by atoms with Crippen molar-refractivity contribution in [1.82, 2.24) is 0 Å². The van der Waals surface area contributed by atoms with Crippen LogP contribution in [0.1, 0.15) is 67.2 Å². The third-order valence-corrected chi connectivity index (χ3v) is 12.8. The first-order valence-electron chi connectivity index (χ1n) is 9.19. The molecule has 3 saturated carbocycles. The van der Waals surface area contributed by atoms with Crippen LogP contribution < -0.4 is 0 Å². The number of aliphatic hydroxyl groups excluding tert-OH is 2. The number of hydrogen-bond donors (Lipinski definition) is 2. The van der Waals surface area contributed by atoms with Gasteiger partial charge < -0.3 is 14.6 Å². The van der Waals surface area contributed by atoms with Crippen LogP contribution in [-0.4, -0.2) is 36.8 Å². The zero-order valence-corrected chi connectivity index (χ0v) is 16.3. The fraction of sp³-hybridized carbons (Fsp3) is 1.00. The summed E-state index contributed by atoms with van der Waals surface area (Å²) in [4.78, 5) is 0. The summed E-state index contributed by atoms with van der Waals surface area (Å²) in [5, 5.41) is 20.8. The molecular weight excluding hydrogens is 292 g/mol. The highest BCUT2D eigenvalue weighted by atomic mass is 28.4. The van der Waals surface area contributed by atoms with Gasteiger partial charge >= 0.3 is 0 Å². The van der Waals surface area contributed by atoms with Gasteiger partial charge in [0.2, 0.25) is 8.32 Å². The van der Waals surface area contributed by atoms with E-state index in [2.05, 4.69) is 41.5 Å². The second-order valence-electron chi connectivity index (χ2n) is 8.65. The normalized spacial score (nSPS) is 35.9. The van der Waals surface area contributed by atoms with Gasteiger partial charge in [-0.15, -0.1) is 0 Å². The zero-order chi connectivity index (χ0) is 16.7. The monoisotopic (exact) mass is 328 g/mol. The Hall–Kier alpha value is 0.0969. The van der Waals surface area contributed by atoms with E-state index in [0.29, 0.717) is 22.5 Å². The van der Waals surface area contributed by atoms with E-state index in [-0.39, 0.29) is 12.5 Å². The minimum Gasteiger partial charge on any atom is -0.408 e. The summed E-state index contributed by atoms with van der Waals surface area (Å²) >= 11 is 0. The molecule has 130 valence electrons. The van der Waals surface area contributed by atoms with Crippen LogP contribution in [0.15, 0.2) is 0 Å². The number of aliphatic hydroxyl groups is 2. The first-order valence-corrected chi connectivity index (χ1v) is 11.3. The molecule has 3 aliphatic rings. The van der Waals surface area contributed by atoms with Crippen LogP contribution in [0.4, 0.5) is 0 Å². The molecule has 0 radical (unpaired) electrons. The molecule has 0 aromatic carbocycles. The number of rotatable bonds is 6. The first-order chi connectivity index (χ1) is 10.2. The molecule has 2 N–H and O–H groups in total. The maximum atomic E-state index is 10.8. The van der Waals surface area contributed by atoms with E-state index < -0.39 is 20.0 Å². The van der Waals surface area contributed by atoms with Gasteiger partial charge in [-0.2, -0.15) is 0 Å². The van der Waals surface area contributed by atoms with Crippen LogP contribution >= 0.6 is 0 Å². The van der Waals surface area contributed by atoms with Gasteiger partial charge in [-0.3, -0.25) is 0 Å². The predicted octanol–water partition coefficient (Wildman–Crippen LogP) is 4.09. The third-order valence-electron chi connectivity index (χ3n) is 6.67. The van der Waals surface area contributed by atoms with Crippen LogP contribution in [-0.2, 0) is 4.43 Å². The van der Waals surface area contributed by atoms with E-state index in [4.69, 9.17) is 4.43 Å². The second kappa shape index (κ2) is 6.54. The van der Waals surface area contributed by atoms with Crippen molar-refractivity contribution in [2.45, 2.75) is 95.6 Å². The largest absolute Gasteiger partial charge is 0.408 e. The molecule has 3 fully saturated rings. The van der Waals surface area contributed by atoms with Crippen molar-refractivity contribution >= 4 is 8.32 Å². The van der Waals surface area contributed by atoms with Gasteiger partial charge in [-0.25, -0.2) is 0 Å². The average Bonchev–Trinajstić information content (AvgIpc) is 2.44. The molecule has 0 saturated heterocycles. The molecule has 3 rings (SSSR count). The van der Waals surface area contributed by atoms with Crippen LogP contribution in [0.3, 0.4) is 0 Å². The molecule has 3 nitrogen and oxygen atoms in total. The van der Waals surface area contributed by atoms with Crippen molar-refractivity contribution in [3.63, 3.8) is 0 Å². The summed E-state index contributed by atoms with van der Waals surface area (Å²) in [5.41, 5.74) is 1.03. The van der Waals surface area contributed by atoms with Gasteiger partial charge in [0.05, 0.1) is 11.7 Å². The maximum Gasteiger partial charge on any atom is 0.201 e. The molecule has 4 atom stereocenters. The summed E-state index contributed by atoms with van der Waals surface area (Å²) in [6.45, 7) is 13.9. The van der Waals surface area contributed by atoms with Crippen molar-refractivity contribution in [3.8, 4) is 0 Å². The maximum absolute atomic E-state index is 10.8. The molecule has 0 spiro atoms. The molecule has 4 unspecified atom stereocenters. The Morgan fingerprint density at radius 3 is 2.00 bits per heavy atom. The predicted molar refractivity (Wildman–Crippen MR) is 93.4 cm³/mol. The molecule has 0 aliphatic heterocycles. The van der Waals surface area contributed by atoms with E-state index in [1.165, 1.54) is 0 Å². The van der Waals surface area contributed by atoms with Gasteiger partial charge in [0.15, 0.2) is 0 Å². The molecule has 0 aromatic heterocycles. The third kappa shape index (κ3) is 2.70. The lowest BCUT2D eigenvalue weighted by Crippen LogP contribution is -2.66. The quantitative estimate of drug-likeness (QED) is 0.722. The van der Waals surface area contributed by atoms with Gasteiger partial charge in [-0.05, 0) is 48.2 Å². The molecule has 2 bridgehead atoms. The van der Waals surface area contributed by atoms with Crippen LogP contribution in [0.2, 0.25) is 16.6 Å². The Labute approximate surface area is 137 Å². The molecular formula is C18H36O3Si. The summed E-state index contributed by atoms with van der Waals surface area (Å²) in [5.74, 6) is 0.684. The van der Waals surface area contributed by atoms with E-state index in [9.17, 15) is 10.2 Å². The number of hydrogen-bond acceptors (Lipinski definition) is 3. The van der Waals surface area contributed by atoms with Crippen molar-refractivity contribution in [2.24, 2.45) is 11.8 Å². The molecule has 3 aliphatic carbocycles. The van der Waals surface area contributed by atoms with E-state index >= 15 is 0 Å². The molecule has 0 amide bonds. The standard InChI is InChI=1S/C18H36O3Si/c1-12(2)22(13(3)4,14(5)6)21-18-8-7-15(10-17(18)20)9-16(18)11-19/h12-17,19-20H,7-11H2,1-6H3. The van der Waals surface area contributed by atoms with Gasteiger partial charge in [0.25, 0.3) is 0 Å². The summed E-state index contributed by atoms with van der Waals surface area (Å²) in [6, 6.07) is 0. The van der Waals surface area contributed by atoms with E-state index in [1.54, 1.807) is 0 Å². The zero-order valence-electron chi connectivity index (χ0n) is 15.3. The molecule has 22 heavy (non-hydrogen) atoms. The number of fused-ring (bicyclic) bond motifs is 3. The minimum atomic E-state index is -2.05. The van der Waals surface area contributed by atoms with Crippen LogP contribution in [0.25, 0.3) is 0 Å². The fourth-order valence-electron chi connectivity index (χ4n) is 5.64. The van der Waals surface area contributed by atoms with E-state index in [1.807, 2.05) is 0 Å². The fourth-order valence-corrected chi connectivity index (χ4v) is 11.4. The van der Waals surface area contributed by atoms with Crippen molar-refractivity contribution < 1.29 is 14.6 Å². The van der Waals surface area contributed by atoms with Crippen LogP contribution in [0.5, 0.6) is 0 Å². The van der Waals surface area contributed by atoms with Crippen molar-refractivity contribution in [2.75, 3.05) is 6.61 Å². The van der Waals surface area contributed by atoms with Gasteiger partial charge in [-0.1, -0.05) is 41.5 Å². The smallest absolute Gasteiger partial charge is 0.201 e. The Morgan fingerprint density at radius 2 is 1.59 bits per heavy atom. The lowest BCUT2D eigenvalue weighted by atomic mass is 9.60. The Kier molecular flexibility index (Phi) is 5.48. The molecule has 0 heterocycles. The topological polar surface area (TPSA) is 49.7 Å². The summed E-state index contributed by atoms with van der Waals surface area (Å²) in [6.07, 6.45) is 3.54. The second-order valence-corrected chi connectivity index (χ2v) is 14.0. The SMILES string of the molecule is CC(C)[Si](OC12CCC(CC1O)CC2CO)(C(C)C)C(C)C. The lowest BCUT2D eigenvalue weighted by Gasteiger charge is -2.59. The van der Waals surface area contributed by atoms with Crippen LogP contribution in [0, 0.1) is 11.8 Å². The van der Waals surface area contributed by atoms with Crippen molar-refractivity contribution in [1.29, 1.82) is 0 Å². The molecule has 0 aromatic rings. The highest BCUT2D eigenvalue weighted by Crippen LogP contribution is 2.55. The Morgan fingerprint density at radius 1 is 1.05 bits per heavy atom. The average molecular weight is 329 g/mol. The molecule has 4 heteroatoms. The minimum absolute atomic E-state index is 0.109. The summed E-state index contributed by atoms with van der Waals surface area (Å²) in [7, 11) is -2.05. The Bertz CT molecular complexity index is 361. The van der Waals surface area contributed by atoms with Gasteiger partial charge in [0.1, 0.15) is 0 Å².